The lowest BCUT2D eigenvalue weighted by atomic mass is 9.83. The molecule has 21 heavy (non-hydrogen) atoms. The van der Waals surface area contributed by atoms with E-state index < -0.39 is 18.5 Å². The van der Waals surface area contributed by atoms with Crippen LogP contribution in [-0.2, 0) is 4.79 Å². The smallest absolute Gasteiger partial charge is 0.389 e. The molecule has 2 N–H and O–H groups in total. The van der Waals surface area contributed by atoms with Crippen molar-refractivity contribution in [1.82, 2.24) is 5.32 Å². The van der Waals surface area contributed by atoms with Gasteiger partial charge in [0.15, 0.2) is 0 Å². The van der Waals surface area contributed by atoms with Gasteiger partial charge < -0.3 is 10.4 Å². The highest BCUT2D eigenvalue weighted by Gasteiger charge is 2.32. The van der Waals surface area contributed by atoms with Crippen LogP contribution in [0.25, 0.3) is 0 Å². The lowest BCUT2D eigenvalue weighted by Gasteiger charge is -2.32. The SMILES string of the molecule is CC(CC(=O)NC(C(C)C)C(CO)C(C)C)CC(F)(F)F. The standard InChI is InChI=1S/C15H28F3NO2/c1-9(2)12(8-20)14(10(3)4)19-13(21)6-11(5)7-15(16,17)18/h9-12,14,20H,6-8H2,1-5H3,(H,19,21). The molecule has 0 aliphatic carbocycles. The van der Waals surface area contributed by atoms with Crippen molar-refractivity contribution in [3.05, 3.63) is 0 Å². The van der Waals surface area contributed by atoms with E-state index in [0.717, 1.165) is 0 Å². The van der Waals surface area contributed by atoms with Gasteiger partial charge in [-0.05, 0) is 17.8 Å². The first kappa shape index (κ1) is 20.2. The molecular formula is C15H28F3NO2. The fourth-order valence-corrected chi connectivity index (χ4v) is 2.54. The van der Waals surface area contributed by atoms with Crippen molar-refractivity contribution in [1.29, 1.82) is 0 Å². The second-order valence-corrected chi connectivity index (χ2v) is 6.56. The summed E-state index contributed by atoms with van der Waals surface area (Å²) < 4.78 is 36.8. The van der Waals surface area contributed by atoms with Crippen LogP contribution in [0.4, 0.5) is 13.2 Å². The van der Waals surface area contributed by atoms with Crippen LogP contribution in [0.5, 0.6) is 0 Å². The van der Waals surface area contributed by atoms with Gasteiger partial charge in [-0.1, -0.05) is 34.6 Å². The maximum Gasteiger partial charge on any atom is 0.389 e. The van der Waals surface area contributed by atoms with Gasteiger partial charge >= 0.3 is 6.18 Å². The van der Waals surface area contributed by atoms with Crippen LogP contribution in [0.15, 0.2) is 0 Å². The molecule has 3 atom stereocenters. The van der Waals surface area contributed by atoms with Gasteiger partial charge in [-0.2, -0.15) is 13.2 Å². The van der Waals surface area contributed by atoms with E-state index in [9.17, 15) is 23.1 Å². The molecule has 126 valence electrons. The van der Waals surface area contributed by atoms with Gasteiger partial charge in [-0.15, -0.1) is 0 Å². The zero-order valence-electron chi connectivity index (χ0n) is 13.5. The first-order valence-electron chi connectivity index (χ1n) is 7.44. The average molecular weight is 311 g/mol. The van der Waals surface area contributed by atoms with Crippen molar-refractivity contribution >= 4 is 5.91 Å². The van der Waals surface area contributed by atoms with Gasteiger partial charge in [0.05, 0.1) is 0 Å². The average Bonchev–Trinajstić information content (AvgIpc) is 2.24. The van der Waals surface area contributed by atoms with Crippen LogP contribution < -0.4 is 5.32 Å². The molecule has 0 bridgehead atoms. The largest absolute Gasteiger partial charge is 0.396 e. The number of halogens is 3. The lowest BCUT2D eigenvalue weighted by Crippen LogP contribution is -2.47. The Bertz CT molecular complexity index is 317. The van der Waals surface area contributed by atoms with Crippen molar-refractivity contribution in [2.45, 2.75) is 59.7 Å². The molecule has 0 aliphatic rings. The topological polar surface area (TPSA) is 49.3 Å². The normalized spacial score (nSPS) is 16.9. The molecule has 0 aromatic carbocycles. The number of aliphatic hydroxyl groups excluding tert-OH is 1. The molecule has 0 aromatic heterocycles. The third-order valence-corrected chi connectivity index (χ3v) is 3.69. The van der Waals surface area contributed by atoms with Crippen molar-refractivity contribution in [2.75, 3.05) is 6.61 Å². The van der Waals surface area contributed by atoms with E-state index in [2.05, 4.69) is 5.32 Å². The summed E-state index contributed by atoms with van der Waals surface area (Å²) in [5, 5.41) is 12.3. The molecule has 1 amide bonds. The van der Waals surface area contributed by atoms with E-state index in [1.165, 1.54) is 6.92 Å². The maximum absolute atomic E-state index is 12.3. The number of aliphatic hydroxyl groups is 1. The quantitative estimate of drug-likeness (QED) is 0.722. The Balaban J connectivity index is 4.62. The van der Waals surface area contributed by atoms with Gasteiger partial charge in [-0.3, -0.25) is 4.79 Å². The lowest BCUT2D eigenvalue weighted by molar-refractivity contribution is -0.145. The van der Waals surface area contributed by atoms with Crippen LogP contribution in [0.1, 0.15) is 47.5 Å². The summed E-state index contributed by atoms with van der Waals surface area (Å²) in [5.74, 6) is -0.956. The Hall–Kier alpha value is -0.780. The van der Waals surface area contributed by atoms with Crippen molar-refractivity contribution in [3.8, 4) is 0 Å². The fourth-order valence-electron chi connectivity index (χ4n) is 2.54. The molecule has 0 fully saturated rings. The molecule has 3 unspecified atom stereocenters. The first-order valence-corrected chi connectivity index (χ1v) is 7.44. The van der Waals surface area contributed by atoms with Gasteiger partial charge in [0.2, 0.25) is 5.91 Å². The minimum absolute atomic E-state index is 0.0566. The van der Waals surface area contributed by atoms with Gasteiger partial charge in [0.1, 0.15) is 0 Å². The van der Waals surface area contributed by atoms with Crippen LogP contribution >= 0.6 is 0 Å². The van der Waals surface area contributed by atoms with E-state index >= 15 is 0 Å². The van der Waals surface area contributed by atoms with Crippen LogP contribution in [0, 0.1) is 23.7 Å². The first-order chi connectivity index (χ1) is 9.47. The molecule has 0 saturated heterocycles. The predicted molar refractivity (Wildman–Crippen MR) is 76.6 cm³/mol. The minimum Gasteiger partial charge on any atom is -0.396 e. The van der Waals surface area contributed by atoms with Crippen LogP contribution in [-0.4, -0.2) is 29.8 Å². The molecule has 0 spiro atoms. The molecule has 0 aromatic rings. The summed E-state index contributed by atoms with van der Waals surface area (Å²) in [6.07, 6.45) is -5.36. The highest BCUT2D eigenvalue weighted by Crippen LogP contribution is 2.26. The number of nitrogens with one attached hydrogen (secondary N) is 1. The summed E-state index contributed by atoms with van der Waals surface area (Å²) in [6, 6.07) is -0.236. The molecule has 6 heteroatoms. The van der Waals surface area contributed by atoms with Crippen LogP contribution in [0.2, 0.25) is 0 Å². The highest BCUT2D eigenvalue weighted by atomic mass is 19.4. The third-order valence-electron chi connectivity index (χ3n) is 3.69. The number of alkyl halides is 3. The van der Waals surface area contributed by atoms with Gasteiger partial charge in [0.25, 0.3) is 0 Å². The zero-order chi connectivity index (χ0) is 16.8. The zero-order valence-corrected chi connectivity index (χ0v) is 13.5. The number of hydrogen-bond acceptors (Lipinski definition) is 2. The van der Waals surface area contributed by atoms with E-state index in [4.69, 9.17) is 0 Å². The van der Waals surface area contributed by atoms with E-state index in [1.807, 2.05) is 27.7 Å². The van der Waals surface area contributed by atoms with E-state index in [0.29, 0.717) is 0 Å². The van der Waals surface area contributed by atoms with Crippen molar-refractivity contribution in [3.63, 3.8) is 0 Å². The minimum atomic E-state index is -4.25. The Morgan fingerprint density at radius 3 is 1.95 bits per heavy atom. The third kappa shape index (κ3) is 8.29. The van der Waals surface area contributed by atoms with E-state index in [1.54, 1.807) is 0 Å². The monoisotopic (exact) mass is 311 g/mol. The molecule has 0 aliphatic heterocycles. The fraction of sp³-hybridized carbons (Fsp3) is 0.933. The number of hydrogen-bond donors (Lipinski definition) is 2. The Morgan fingerprint density at radius 2 is 1.62 bits per heavy atom. The highest BCUT2D eigenvalue weighted by molar-refractivity contribution is 5.76. The Kier molecular flexibility index (Phi) is 8.29. The second-order valence-electron chi connectivity index (χ2n) is 6.56. The van der Waals surface area contributed by atoms with Crippen LogP contribution in [0.3, 0.4) is 0 Å². The van der Waals surface area contributed by atoms with Crippen molar-refractivity contribution < 1.29 is 23.1 Å². The number of amides is 1. The number of rotatable bonds is 8. The molecule has 0 saturated carbocycles. The summed E-state index contributed by atoms with van der Waals surface area (Å²) in [5.41, 5.74) is 0. The number of carbonyl (C=O) groups is 1. The molecule has 3 nitrogen and oxygen atoms in total. The molecule has 0 heterocycles. The van der Waals surface area contributed by atoms with E-state index in [-0.39, 0.29) is 42.7 Å². The van der Waals surface area contributed by atoms with Crippen molar-refractivity contribution in [2.24, 2.45) is 23.7 Å². The number of carbonyl (C=O) groups excluding carboxylic acids is 1. The molecule has 0 rings (SSSR count). The summed E-state index contributed by atoms with van der Waals surface area (Å²) in [6.45, 7) is 9.12. The van der Waals surface area contributed by atoms with Gasteiger partial charge in [0, 0.05) is 31.4 Å². The predicted octanol–water partition coefficient (Wildman–Crippen LogP) is 3.37. The second kappa shape index (κ2) is 8.61. The summed E-state index contributed by atoms with van der Waals surface area (Å²) >= 11 is 0. The summed E-state index contributed by atoms with van der Waals surface area (Å²) in [4.78, 5) is 11.9. The molecule has 0 radical (unpaired) electrons. The maximum atomic E-state index is 12.3. The Morgan fingerprint density at radius 1 is 1.10 bits per heavy atom. The van der Waals surface area contributed by atoms with Gasteiger partial charge in [-0.25, -0.2) is 0 Å². The Labute approximate surface area is 125 Å². The summed E-state index contributed by atoms with van der Waals surface area (Å²) in [7, 11) is 0. The molecular weight excluding hydrogens is 283 g/mol.